The van der Waals surface area contributed by atoms with Gasteiger partial charge in [0.25, 0.3) is 0 Å². The molecule has 0 aromatic carbocycles. The fourth-order valence-electron chi connectivity index (χ4n) is 2.30. The van der Waals surface area contributed by atoms with E-state index in [1.165, 1.54) is 0 Å². The molecule has 1 aliphatic carbocycles. The minimum Gasteiger partial charge on any atom is -0.374 e. The third kappa shape index (κ3) is 6.53. The SMILES string of the molecule is CCCNC1CC(OCCOC(C)(C)C)C1OCCC. The molecule has 20 heavy (non-hydrogen) atoms. The molecule has 4 heteroatoms. The van der Waals surface area contributed by atoms with Gasteiger partial charge < -0.3 is 19.5 Å². The Bertz CT molecular complexity index is 253. The number of rotatable bonds is 10. The third-order valence-electron chi connectivity index (χ3n) is 3.37. The Kier molecular flexibility index (Phi) is 8.03. The number of hydrogen-bond acceptors (Lipinski definition) is 4. The van der Waals surface area contributed by atoms with Crippen molar-refractivity contribution in [3.63, 3.8) is 0 Å². The first kappa shape index (κ1) is 17.9. The molecule has 0 amide bonds. The fraction of sp³-hybridized carbons (Fsp3) is 1.00. The summed E-state index contributed by atoms with van der Waals surface area (Å²) in [4.78, 5) is 0. The Balaban J connectivity index is 2.23. The van der Waals surface area contributed by atoms with Gasteiger partial charge >= 0.3 is 0 Å². The molecule has 1 aliphatic rings. The Morgan fingerprint density at radius 3 is 2.35 bits per heavy atom. The van der Waals surface area contributed by atoms with Crippen LogP contribution in [0.4, 0.5) is 0 Å². The Labute approximate surface area is 124 Å². The molecule has 0 spiro atoms. The Hall–Kier alpha value is -0.160. The molecule has 120 valence electrons. The maximum atomic E-state index is 5.92. The van der Waals surface area contributed by atoms with Crippen LogP contribution in [-0.4, -0.2) is 50.2 Å². The van der Waals surface area contributed by atoms with Gasteiger partial charge in [0.2, 0.25) is 0 Å². The van der Waals surface area contributed by atoms with Crippen LogP contribution in [0.5, 0.6) is 0 Å². The molecule has 0 bridgehead atoms. The normalized spacial score (nSPS) is 26.6. The van der Waals surface area contributed by atoms with E-state index in [1.54, 1.807) is 0 Å². The van der Waals surface area contributed by atoms with E-state index in [4.69, 9.17) is 14.2 Å². The summed E-state index contributed by atoms with van der Waals surface area (Å²) in [6.07, 6.45) is 3.68. The van der Waals surface area contributed by atoms with Crippen molar-refractivity contribution in [2.24, 2.45) is 0 Å². The molecule has 1 fully saturated rings. The van der Waals surface area contributed by atoms with Crippen LogP contribution in [0.25, 0.3) is 0 Å². The van der Waals surface area contributed by atoms with Gasteiger partial charge in [-0.15, -0.1) is 0 Å². The molecular weight excluding hydrogens is 254 g/mol. The lowest BCUT2D eigenvalue weighted by atomic mass is 9.85. The van der Waals surface area contributed by atoms with Crippen LogP contribution in [-0.2, 0) is 14.2 Å². The highest BCUT2D eigenvalue weighted by molar-refractivity contribution is 4.97. The van der Waals surface area contributed by atoms with Gasteiger partial charge in [-0.05, 0) is 46.6 Å². The molecule has 0 heterocycles. The van der Waals surface area contributed by atoms with Crippen molar-refractivity contribution in [2.45, 2.75) is 77.7 Å². The zero-order valence-corrected chi connectivity index (χ0v) is 13.9. The second-order valence-corrected chi connectivity index (χ2v) is 6.50. The van der Waals surface area contributed by atoms with E-state index in [1.807, 2.05) is 0 Å². The predicted octanol–water partition coefficient (Wildman–Crippen LogP) is 2.75. The minimum atomic E-state index is -0.0910. The maximum Gasteiger partial charge on any atom is 0.0990 e. The summed E-state index contributed by atoms with van der Waals surface area (Å²) in [6.45, 7) is 13.7. The highest BCUT2D eigenvalue weighted by Gasteiger charge is 2.42. The summed E-state index contributed by atoms with van der Waals surface area (Å²) in [5, 5.41) is 3.54. The smallest absolute Gasteiger partial charge is 0.0990 e. The van der Waals surface area contributed by atoms with Gasteiger partial charge in [0.15, 0.2) is 0 Å². The first-order valence-corrected chi connectivity index (χ1v) is 8.08. The summed E-state index contributed by atoms with van der Waals surface area (Å²) in [7, 11) is 0. The van der Waals surface area contributed by atoms with Gasteiger partial charge in [0.1, 0.15) is 0 Å². The Morgan fingerprint density at radius 1 is 1.00 bits per heavy atom. The summed E-state index contributed by atoms with van der Waals surface area (Å²) in [5.74, 6) is 0. The Morgan fingerprint density at radius 2 is 1.75 bits per heavy atom. The van der Waals surface area contributed by atoms with E-state index in [9.17, 15) is 0 Å². The van der Waals surface area contributed by atoms with Crippen molar-refractivity contribution in [1.29, 1.82) is 0 Å². The van der Waals surface area contributed by atoms with E-state index in [2.05, 4.69) is 39.9 Å². The molecule has 1 saturated carbocycles. The van der Waals surface area contributed by atoms with E-state index in [-0.39, 0.29) is 17.8 Å². The van der Waals surface area contributed by atoms with Gasteiger partial charge in [-0.25, -0.2) is 0 Å². The first-order chi connectivity index (χ1) is 9.48. The largest absolute Gasteiger partial charge is 0.374 e. The van der Waals surface area contributed by atoms with Crippen LogP contribution >= 0.6 is 0 Å². The number of ether oxygens (including phenoxy) is 3. The molecule has 1 N–H and O–H groups in total. The van der Waals surface area contributed by atoms with Crippen molar-refractivity contribution in [3.05, 3.63) is 0 Å². The van der Waals surface area contributed by atoms with E-state index >= 15 is 0 Å². The lowest BCUT2D eigenvalue weighted by Gasteiger charge is -2.44. The first-order valence-electron chi connectivity index (χ1n) is 8.08. The highest BCUT2D eigenvalue weighted by Crippen LogP contribution is 2.27. The van der Waals surface area contributed by atoms with Gasteiger partial charge in [-0.1, -0.05) is 13.8 Å². The lowest BCUT2D eigenvalue weighted by molar-refractivity contribution is -0.157. The molecular formula is C16H33NO3. The molecule has 0 radical (unpaired) electrons. The van der Waals surface area contributed by atoms with Crippen LogP contribution in [0, 0.1) is 0 Å². The zero-order chi connectivity index (χ0) is 15.0. The summed E-state index contributed by atoms with van der Waals surface area (Å²) < 4.78 is 17.5. The maximum absolute atomic E-state index is 5.92. The second kappa shape index (κ2) is 8.98. The zero-order valence-electron chi connectivity index (χ0n) is 13.9. The van der Waals surface area contributed by atoms with E-state index in [0.717, 1.165) is 32.4 Å². The van der Waals surface area contributed by atoms with Gasteiger partial charge in [-0.2, -0.15) is 0 Å². The molecule has 3 unspecified atom stereocenters. The molecule has 0 aliphatic heterocycles. The monoisotopic (exact) mass is 287 g/mol. The van der Waals surface area contributed by atoms with Gasteiger partial charge in [-0.3, -0.25) is 0 Å². The second-order valence-electron chi connectivity index (χ2n) is 6.50. The summed E-state index contributed by atoms with van der Waals surface area (Å²) >= 11 is 0. The fourth-order valence-corrected chi connectivity index (χ4v) is 2.30. The quantitative estimate of drug-likeness (QED) is 0.627. The standard InChI is InChI=1S/C16H33NO3/c1-6-8-17-13-12-14(15(13)19-9-7-2)18-10-11-20-16(3,4)5/h13-15,17H,6-12H2,1-5H3. The topological polar surface area (TPSA) is 39.7 Å². The number of nitrogens with one attached hydrogen (secondary N) is 1. The summed E-state index contributed by atoms with van der Waals surface area (Å²) in [5.41, 5.74) is -0.0910. The molecule has 1 rings (SSSR count). The van der Waals surface area contributed by atoms with Crippen molar-refractivity contribution in [2.75, 3.05) is 26.4 Å². The minimum absolute atomic E-state index is 0.0910. The molecule has 3 atom stereocenters. The van der Waals surface area contributed by atoms with Gasteiger partial charge in [0, 0.05) is 12.6 Å². The molecule has 0 aromatic heterocycles. The van der Waals surface area contributed by atoms with Crippen LogP contribution in [0.3, 0.4) is 0 Å². The van der Waals surface area contributed by atoms with Crippen LogP contribution in [0.1, 0.15) is 53.9 Å². The van der Waals surface area contributed by atoms with E-state index < -0.39 is 0 Å². The predicted molar refractivity (Wildman–Crippen MR) is 82.2 cm³/mol. The van der Waals surface area contributed by atoms with Crippen LogP contribution in [0.2, 0.25) is 0 Å². The third-order valence-corrected chi connectivity index (χ3v) is 3.37. The van der Waals surface area contributed by atoms with Crippen LogP contribution < -0.4 is 5.32 Å². The van der Waals surface area contributed by atoms with Crippen molar-refractivity contribution in [1.82, 2.24) is 5.32 Å². The van der Waals surface area contributed by atoms with Crippen molar-refractivity contribution < 1.29 is 14.2 Å². The van der Waals surface area contributed by atoms with Crippen molar-refractivity contribution >= 4 is 0 Å². The molecule has 4 nitrogen and oxygen atoms in total. The highest BCUT2D eigenvalue weighted by atomic mass is 16.6. The van der Waals surface area contributed by atoms with Crippen molar-refractivity contribution in [3.8, 4) is 0 Å². The average Bonchev–Trinajstić information content (AvgIpc) is 2.35. The summed E-state index contributed by atoms with van der Waals surface area (Å²) in [6, 6.07) is 0.454. The molecule has 0 saturated heterocycles. The van der Waals surface area contributed by atoms with E-state index in [0.29, 0.717) is 19.3 Å². The average molecular weight is 287 g/mol. The molecule has 0 aromatic rings. The number of hydrogen-bond donors (Lipinski definition) is 1. The van der Waals surface area contributed by atoms with Gasteiger partial charge in [0.05, 0.1) is 31.0 Å². The van der Waals surface area contributed by atoms with Crippen LogP contribution in [0.15, 0.2) is 0 Å². The lowest BCUT2D eigenvalue weighted by Crippen LogP contribution is -2.60.